The van der Waals surface area contributed by atoms with E-state index < -0.39 is 0 Å². The van der Waals surface area contributed by atoms with E-state index in [0.717, 1.165) is 18.5 Å². The molecule has 1 aromatic heterocycles. The number of halogens is 1. The predicted molar refractivity (Wildman–Crippen MR) is 86.8 cm³/mol. The van der Waals surface area contributed by atoms with Crippen LogP contribution < -0.4 is 14.8 Å². The van der Waals surface area contributed by atoms with Crippen LogP contribution in [0.25, 0.3) is 11.4 Å². The molecule has 0 spiro atoms. The Bertz CT molecular complexity index is 589. The van der Waals surface area contributed by atoms with Gasteiger partial charge in [0.15, 0.2) is 11.5 Å². The number of benzene rings is 1. The summed E-state index contributed by atoms with van der Waals surface area (Å²) in [5.41, 5.74) is 0.824. The van der Waals surface area contributed by atoms with Gasteiger partial charge in [0, 0.05) is 5.56 Å². The highest BCUT2D eigenvalue weighted by atomic mass is 35.5. The summed E-state index contributed by atoms with van der Waals surface area (Å²) in [6.07, 6.45) is 1.06. The topological polar surface area (TPSA) is 69.4 Å². The van der Waals surface area contributed by atoms with Crippen LogP contribution in [0.15, 0.2) is 22.7 Å². The number of nitrogens with one attached hydrogen (secondary N) is 1. The predicted octanol–water partition coefficient (Wildman–Crippen LogP) is 3.24. The molecule has 0 radical (unpaired) electrons. The summed E-state index contributed by atoms with van der Waals surface area (Å²) in [5.74, 6) is 2.42. The number of hydrogen-bond donors (Lipinski definition) is 1. The Morgan fingerprint density at radius 1 is 1.23 bits per heavy atom. The first kappa shape index (κ1) is 18.3. The van der Waals surface area contributed by atoms with E-state index in [1.54, 1.807) is 14.2 Å². The lowest BCUT2D eigenvalue weighted by molar-refractivity contribution is 0.340. The Balaban J connectivity index is 0.00000242. The van der Waals surface area contributed by atoms with Crippen molar-refractivity contribution in [3.8, 4) is 22.9 Å². The van der Waals surface area contributed by atoms with Crippen LogP contribution in [-0.2, 0) is 0 Å². The van der Waals surface area contributed by atoms with Crippen molar-refractivity contribution in [1.82, 2.24) is 15.5 Å². The Morgan fingerprint density at radius 3 is 2.59 bits per heavy atom. The lowest BCUT2D eigenvalue weighted by atomic mass is 10.2. The normalized spacial score (nSPS) is 11.6. The fourth-order valence-electron chi connectivity index (χ4n) is 1.95. The van der Waals surface area contributed by atoms with Crippen molar-refractivity contribution in [3.63, 3.8) is 0 Å². The van der Waals surface area contributed by atoms with E-state index >= 15 is 0 Å². The molecule has 0 aliphatic heterocycles. The second-order valence-corrected chi connectivity index (χ2v) is 4.70. The van der Waals surface area contributed by atoms with Gasteiger partial charge in [-0.2, -0.15) is 4.98 Å². The second kappa shape index (κ2) is 8.60. The molecule has 0 fully saturated rings. The van der Waals surface area contributed by atoms with Gasteiger partial charge in [0.2, 0.25) is 11.7 Å². The highest BCUT2D eigenvalue weighted by Crippen LogP contribution is 2.31. The summed E-state index contributed by atoms with van der Waals surface area (Å²) in [7, 11) is 3.20. The van der Waals surface area contributed by atoms with Crippen molar-refractivity contribution in [2.45, 2.75) is 26.3 Å². The van der Waals surface area contributed by atoms with Gasteiger partial charge in [-0.25, -0.2) is 0 Å². The van der Waals surface area contributed by atoms with Gasteiger partial charge in [-0.1, -0.05) is 12.1 Å². The molecule has 0 saturated carbocycles. The van der Waals surface area contributed by atoms with Crippen LogP contribution >= 0.6 is 12.4 Å². The molecule has 2 rings (SSSR count). The third kappa shape index (κ3) is 4.11. The van der Waals surface area contributed by atoms with E-state index in [1.165, 1.54) is 0 Å². The van der Waals surface area contributed by atoms with Crippen molar-refractivity contribution < 1.29 is 14.0 Å². The first-order valence-electron chi connectivity index (χ1n) is 6.99. The minimum Gasteiger partial charge on any atom is -0.493 e. The Kier molecular flexibility index (Phi) is 7.14. The maximum atomic E-state index is 5.31. The zero-order valence-electron chi connectivity index (χ0n) is 13.3. The van der Waals surface area contributed by atoms with Gasteiger partial charge in [-0.3, -0.25) is 0 Å². The molecule has 0 aliphatic rings. The molecule has 7 heteroatoms. The van der Waals surface area contributed by atoms with Gasteiger partial charge in [0.1, 0.15) is 0 Å². The largest absolute Gasteiger partial charge is 0.493 e. The van der Waals surface area contributed by atoms with Gasteiger partial charge in [-0.05, 0) is 38.1 Å². The van der Waals surface area contributed by atoms with E-state index in [4.69, 9.17) is 14.0 Å². The molecule has 1 aromatic carbocycles. The number of rotatable bonds is 7. The van der Waals surface area contributed by atoms with Crippen molar-refractivity contribution in [2.24, 2.45) is 0 Å². The molecule has 0 bridgehead atoms. The number of ether oxygens (including phenoxy) is 2. The lowest BCUT2D eigenvalue weighted by Crippen LogP contribution is -2.19. The van der Waals surface area contributed by atoms with Crippen molar-refractivity contribution in [3.05, 3.63) is 24.1 Å². The van der Waals surface area contributed by atoms with Crippen LogP contribution in [0.2, 0.25) is 0 Å². The second-order valence-electron chi connectivity index (χ2n) is 4.70. The number of aromatic nitrogens is 2. The van der Waals surface area contributed by atoms with E-state index in [2.05, 4.69) is 22.4 Å². The molecular weight excluding hydrogens is 306 g/mol. The smallest absolute Gasteiger partial charge is 0.243 e. The van der Waals surface area contributed by atoms with Crippen molar-refractivity contribution in [2.75, 3.05) is 20.8 Å². The van der Waals surface area contributed by atoms with Gasteiger partial charge in [-0.15, -0.1) is 12.4 Å². The average molecular weight is 328 g/mol. The Hall–Kier alpha value is -1.79. The molecule has 1 N–H and O–H groups in total. The third-order valence-corrected chi connectivity index (χ3v) is 3.15. The van der Waals surface area contributed by atoms with E-state index in [-0.39, 0.29) is 18.4 Å². The molecule has 1 heterocycles. The average Bonchev–Trinajstić information content (AvgIpc) is 3.01. The Morgan fingerprint density at radius 2 is 1.95 bits per heavy atom. The van der Waals surface area contributed by atoms with Crippen LogP contribution in [0.3, 0.4) is 0 Å². The molecular formula is C15H22ClN3O3. The SMILES string of the molecule is CCCNC(C)c1nc(-c2ccc(OC)c(OC)c2)no1.Cl. The molecule has 0 amide bonds. The first-order chi connectivity index (χ1) is 10.2. The standard InChI is InChI=1S/C15H21N3O3.ClH/c1-5-8-16-10(2)15-17-14(18-21-15)11-6-7-12(19-3)13(9-11)20-4;/h6-7,9-10,16H,5,8H2,1-4H3;1H. The molecule has 0 aliphatic carbocycles. The molecule has 6 nitrogen and oxygen atoms in total. The first-order valence-corrected chi connectivity index (χ1v) is 6.99. The van der Waals surface area contributed by atoms with Crippen LogP contribution in [-0.4, -0.2) is 30.9 Å². The van der Waals surface area contributed by atoms with Crippen molar-refractivity contribution in [1.29, 1.82) is 0 Å². The van der Waals surface area contributed by atoms with E-state index in [9.17, 15) is 0 Å². The van der Waals surface area contributed by atoms with Crippen molar-refractivity contribution >= 4 is 12.4 Å². The monoisotopic (exact) mass is 327 g/mol. The minimum atomic E-state index is 0. The zero-order valence-corrected chi connectivity index (χ0v) is 14.1. The zero-order chi connectivity index (χ0) is 15.2. The van der Waals surface area contributed by atoms with Gasteiger partial charge in [0.25, 0.3) is 0 Å². The summed E-state index contributed by atoms with van der Waals surface area (Å²) >= 11 is 0. The summed E-state index contributed by atoms with van der Waals surface area (Å²) < 4.78 is 15.8. The van der Waals surface area contributed by atoms with Crippen LogP contribution in [0.4, 0.5) is 0 Å². The molecule has 0 saturated heterocycles. The molecule has 122 valence electrons. The number of nitrogens with zero attached hydrogens (tertiary/aromatic N) is 2. The molecule has 2 aromatic rings. The van der Waals surface area contributed by atoms with Crippen LogP contribution in [0, 0.1) is 0 Å². The minimum absolute atomic E-state index is 0. The molecule has 1 atom stereocenters. The lowest BCUT2D eigenvalue weighted by Gasteiger charge is -2.08. The maximum Gasteiger partial charge on any atom is 0.243 e. The fourth-order valence-corrected chi connectivity index (χ4v) is 1.95. The quantitative estimate of drug-likeness (QED) is 0.842. The summed E-state index contributed by atoms with van der Waals surface area (Å²) in [5, 5.41) is 7.34. The number of hydrogen-bond acceptors (Lipinski definition) is 6. The molecule has 1 unspecified atom stereocenters. The van der Waals surface area contributed by atoms with E-state index in [1.807, 2.05) is 25.1 Å². The van der Waals surface area contributed by atoms with Crippen LogP contribution in [0.5, 0.6) is 11.5 Å². The fraction of sp³-hybridized carbons (Fsp3) is 0.467. The third-order valence-electron chi connectivity index (χ3n) is 3.15. The summed E-state index contributed by atoms with van der Waals surface area (Å²) in [4.78, 5) is 4.43. The maximum absolute atomic E-state index is 5.31. The highest BCUT2D eigenvalue weighted by molar-refractivity contribution is 5.85. The Labute approximate surface area is 136 Å². The number of methoxy groups -OCH3 is 2. The molecule has 22 heavy (non-hydrogen) atoms. The van der Waals surface area contributed by atoms with Gasteiger partial charge in [0.05, 0.1) is 20.3 Å². The van der Waals surface area contributed by atoms with Gasteiger partial charge < -0.3 is 19.3 Å². The van der Waals surface area contributed by atoms with Crippen LogP contribution in [0.1, 0.15) is 32.2 Å². The summed E-state index contributed by atoms with van der Waals surface area (Å²) in [6.45, 7) is 5.03. The van der Waals surface area contributed by atoms with E-state index in [0.29, 0.717) is 23.2 Å². The van der Waals surface area contributed by atoms with Gasteiger partial charge >= 0.3 is 0 Å². The highest BCUT2D eigenvalue weighted by Gasteiger charge is 2.15. The summed E-state index contributed by atoms with van der Waals surface area (Å²) in [6, 6.07) is 5.56.